The van der Waals surface area contributed by atoms with E-state index < -0.39 is 0 Å². The van der Waals surface area contributed by atoms with E-state index in [1.54, 1.807) is 6.07 Å². The largest absolute Gasteiger partial charge is 0.341 e. The number of hydrogen-bond acceptors (Lipinski definition) is 6. The predicted molar refractivity (Wildman–Crippen MR) is 68.2 cm³/mol. The maximum atomic E-state index is 12.1. The minimum absolute atomic E-state index is 0.244. The molecule has 102 valence electrons. The van der Waals surface area contributed by atoms with E-state index in [0.29, 0.717) is 17.8 Å². The van der Waals surface area contributed by atoms with Gasteiger partial charge in [0.15, 0.2) is 5.82 Å². The van der Waals surface area contributed by atoms with Gasteiger partial charge in [0, 0.05) is 6.20 Å². The SMILES string of the molecule is CCCC(NC(=O)c1ccc(C#N)cn1)c1nn[nH]n1. The number of amides is 1. The molecule has 1 amide bonds. The van der Waals surface area contributed by atoms with Crippen molar-refractivity contribution in [2.45, 2.75) is 25.8 Å². The fourth-order valence-corrected chi connectivity index (χ4v) is 1.70. The van der Waals surface area contributed by atoms with Crippen LogP contribution in [0.4, 0.5) is 0 Å². The summed E-state index contributed by atoms with van der Waals surface area (Å²) in [5.41, 5.74) is 0.651. The van der Waals surface area contributed by atoms with Crippen LogP contribution in [0.3, 0.4) is 0 Å². The summed E-state index contributed by atoms with van der Waals surface area (Å²) >= 11 is 0. The van der Waals surface area contributed by atoms with Gasteiger partial charge in [0.1, 0.15) is 11.8 Å². The second-order valence-electron chi connectivity index (χ2n) is 4.13. The molecule has 0 bridgehead atoms. The molecule has 2 aromatic rings. The average molecular weight is 271 g/mol. The Labute approximate surface area is 115 Å². The Morgan fingerprint density at radius 1 is 1.55 bits per heavy atom. The highest BCUT2D eigenvalue weighted by molar-refractivity contribution is 5.92. The van der Waals surface area contributed by atoms with Crippen LogP contribution in [0.5, 0.6) is 0 Å². The molecule has 0 aliphatic carbocycles. The number of tetrazole rings is 1. The summed E-state index contributed by atoms with van der Waals surface area (Å²) in [7, 11) is 0. The molecule has 2 heterocycles. The standard InChI is InChI=1S/C12H13N7O/c1-2-3-9(11-16-18-19-17-11)15-12(20)10-5-4-8(6-13)7-14-10/h4-5,7,9H,2-3H2,1H3,(H,15,20)(H,16,17,18,19). The van der Waals surface area contributed by atoms with Gasteiger partial charge >= 0.3 is 0 Å². The lowest BCUT2D eigenvalue weighted by Gasteiger charge is -2.13. The van der Waals surface area contributed by atoms with Crippen LogP contribution in [-0.4, -0.2) is 31.5 Å². The number of pyridine rings is 1. The minimum Gasteiger partial charge on any atom is -0.341 e. The first-order chi connectivity index (χ1) is 9.74. The monoisotopic (exact) mass is 271 g/mol. The molecular formula is C12H13N7O. The molecule has 0 radical (unpaired) electrons. The quantitative estimate of drug-likeness (QED) is 0.827. The van der Waals surface area contributed by atoms with Crippen LogP contribution >= 0.6 is 0 Å². The fourth-order valence-electron chi connectivity index (χ4n) is 1.70. The average Bonchev–Trinajstić information content (AvgIpc) is 3.01. The number of nitrogens with one attached hydrogen (secondary N) is 2. The molecule has 2 N–H and O–H groups in total. The van der Waals surface area contributed by atoms with Gasteiger partial charge in [-0.05, 0) is 18.6 Å². The van der Waals surface area contributed by atoms with Gasteiger partial charge < -0.3 is 5.32 Å². The summed E-state index contributed by atoms with van der Waals surface area (Å²) in [4.78, 5) is 16.0. The van der Waals surface area contributed by atoms with Crippen LogP contribution in [0.2, 0.25) is 0 Å². The Hall–Kier alpha value is -2.82. The maximum absolute atomic E-state index is 12.1. The van der Waals surface area contributed by atoms with Gasteiger partial charge in [-0.15, -0.1) is 10.2 Å². The van der Waals surface area contributed by atoms with Crippen LogP contribution in [0.1, 0.15) is 47.7 Å². The van der Waals surface area contributed by atoms with Crippen LogP contribution < -0.4 is 5.32 Å². The van der Waals surface area contributed by atoms with Gasteiger partial charge in [-0.25, -0.2) is 4.98 Å². The summed E-state index contributed by atoms with van der Waals surface area (Å²) in [6.45, 7) is 2.00. The summed E-state index contributed by atoms with van der Waals surface area (Å²) < 4.78 is 0. The lowest BCUT2D eigenvalue weighted by molar-refractivity contribution is 0.0927. The Morgan fingerprint density at radius 3 is 2.95 bits per heavy atom. The van der Waals surface area contributed by atoms with E-state index in [0.717, 1.165) is 6.42 Å². The van der Waals surface area contributed by atoms with Crippen molar-refractivity contribution in [3.8, 4) is 6.07 Å². The van der Waals surface area contributed by atoms with Gasteiger partial charge in [-0.2, -0.15) is 10.5 Å². The van der Waals surface area contributed by atoms with Gasteiger partial charge in [0.25, 0.3) is 5.91 Å². The third kappa shape index (κ3) is 3.14. The Kier molecular flexibility index (Phi) is 4.34. The van der Waals surface area contributed by atoms with E-state index in [9.17, 15) is 4.79 Å². The van der Waals surface area contributed by atoms with Gasteiger partial charge in [-0.3, -0.25) is 4.79 Å². The number of hydrogen-bond donors (Lipinski definition) is 2. The van der Waals surface area contributed by atoms with Crippen molar-refractivity contribution < 1.29 is 4.79 Å². The molecule has 0 saturated heterocycles. The maximum Gasteiger partial charge on any atom is 0.270 e. The highest BCUT2D eigenvalue weighted by atomic mass is 16.1. The zero-order valence-electron chi connectivity index (χ0n) is 10.9. The molecule has 0 aromatic carbocycles. The molecule has 0 saturated carbocycles. The fraction of sp³-hybridized carbons (Fsp3) is 0.333. The lowest BCUT2D eigenvalue weighted by Crippen LogP contribution is -2.30. The zero-order chi connectivity index (χ0) is 14.4. The molecule has 0 aliphatic heterocycles. The number of carbonyl (C=O) groups excluding carboxylic acids is 1. The second kappa shape index (κ2) is 6.38. The van der Waals surface area contributed by atoms with E-state index in [1.165, 1.54) is 12.3 Å². The van der Waals surface area contributed by atoms with Crippen molar-refractivity contribution in [2.24, 2.45) is 0 Å². The molecule has 8 heteroatoms. The number of nitrogens with zero attached hydrogens (tertiary/aromatic N) is 5. The van der Waals surface area contributed by atoms with Crippen LogP contribution in [-0.2, 0) is 0 Å². The molecular weight excluding hydrogens is 258 g/mol. The Morgan fingerprint density at radius 2 is 2.40 bits per heavy atom. The van der Waals surface area contributed by atoms with Crippen LogP contribution in [0, 0.1) is 11.3 Å². The molecule has 1 unspecified atom stereocenters. The second-order valence-corrected chi connectivity index (χ2v) is 4.13. The van der Waals surface area contributed by atoms with Crippen molar-refractivity contribution in [3.05, 3.63) is 35.4 Å². The molecule has 8 nitrogen and oxygen atoms in total. The molecule has 0 spiro atoms. The van der Waals surface area contributed by atoms with Crippen molar-refractivity contribution in [3.63, 3.8) is 0 Å². The minimum atomic E-state index is -0.335. The topological polar surface area (TPSA) is 120 Å². The normalized spacial score (nSPS) is 11.6. The molecule has 1 atom stereocenters. The Bertz CT molecular complexity index is 600. The van der Waals surface area contributed by atoms with Crippen molar-refractivity contribution in [1.82, 2.24) is 30.9 Å². The molecule has 0 aliphatic rings. The first-order valence-electron chi connectivity index (χ1n) is 6.15. The van der Waals surface area contributed by atoms with Crippen molar-refractivity contribution in [2.75, 3.05) is 0 Å². The summed E-state index contributed by atoms with van der Waals surface area (Å²) in [5, 5.41) is 25.1. The third-order valence-corrected chi connectivity index (χ3v) is 2.68. The van der Waals surface area contributed by atoms with Gasteiger partial charge in [0.2, 0.25) is 0 Å². The molecule has 0 fully saturated rings. The number of aromatic nitrogens is 5. The Balaban J connectivity index is 2.10. The first-order valence-corrected chi connectivity index (χ1v) is 6.15. The highest BCUT2D eigenvalue weighted by Gasteiger charge is 2.19. The van der Waals surface area contributed by atoms with Crippen molar-refractivity contribution in [1.29, 1.82) is 5.26 Å². The van der Waals surface area contributed by atoms with E-state index in [2.05, 4.69) is 30.9 Å². The summed E-state index contributed by atoms with van der Waals surface area (Å²) in [6, 6.07) is 4.69. The number of H-pyrrole nitrogens is 1. The molecule has 2 rings (SSSR count). The van der Waals surface area contributed by atoms with Gasteiger partial charge in [0.05, 0.1) is 11.6 Å². The smallest absolute Gasteiger partial charge is 0.270 e. The third-order valence-electron chi connectivity index (χ3n) is 2.68. The highest BCUT2D eigenvalue weighted by Crippen LogP contribution is 2.13. The van der Waals surface area contributed by atoms with E-state index in [-0.39, 0.29) is 17.6 Å². The van der Waals surface area contributed by atoms with Crippen molar-refractivity contribution >= 4 is 5.91 Å². The number of carbonyl (C=O) groups is 1. The zero-order valence-corrected chi connectivity index (χ0v) is 10.9. The molecule has 20 heavy (non-hydrogen) atoms. The number of aromatic amines is 1. The van der Waals surface area contributed by atoms with Crippen LogP contribution in [0.15, 0.2) is 18.3 Å². The number of nitriles is 1. The summed E-state index contributed by atoms with van der Waals surface area (Å²) in [5.74, 6) is 0.103. The van der Waals surface area contributed by atoms with Crippen LogP contribution in [0.25, 0.3) is 0 Å². The van der Waals surface area contributed by atoms with E-state index in [1.807, 2.05) is 13.0 Å². The lowest BCUT2D eigenvalue weighted by atomic mass is 10.1. The molecule has 2 aromatic heterocycles. The predicted octanol–water partition coefficient (Wildman–Crippen LogP) is 0.738. The first kappa shape index (κ1) is 13.6. The summed E-state index contributed by atoms with van der Waals surface area (Å²) in [6.07, 6.45) is 2.92. The van der Waals surface area contributed by atoms with E-state index >= 15 is 0 Å². The van der Waals surface area contributed by atoms with E-state index in [4.69, 9.17) is 5.26 Å². The van der Waals surface area contributed by atoms with Gasteiger partial charge in [-0.1, -0.05) is 18.6 Å². The number of rotatable bonds is 5.